The second-order valence-corrected chi connectivity index (χ2v) is 7.34. The minimum absolute atomic E-state index is 0.0175. The van der Waals surface area contributed by atoms with Crippen molar-refractivity contribution in [2.24, 2.45) is 11.3 Å². The average molecular weight is 330 g/mol. The first-order valence-electron chi connectivity index (χ1n) is 7.09. The zero-order chi connectivity index (χ0) is 15.6. The van der Waals surface area contributed by atoms with E-state index in [2.05, 4.69) is 0 Å². The summed E-state index contributed by atoms with van der Waals surface area (Å²) in [5.74, 6) is -0.745. The van der Waals surface area contributed by atoms with Gasteiger partial charge in [0, 0.05) is 29.8 Å². The molecule has 1 saturated heterocycles. The molecule has 1 atom stereocenters. The molecule has 1 aromatic rings. The van der Waals surface area contributed by atoms with Crippen molar-refractivity contribution in [3.05, 3.63) is 21.3 Å². The van der Waals surface area contributed by atoms with Gasteiger partial charge in [-0.1, -0.05) is 25.4 Å². The lowest BCUT2D eigenvalue weighted by molar-refractivity contribution is -0.151. The molecule has 1 aromatic heterocycles. The second-order valence-electron chi connectivity index (χ2n) is 5.91. The monoisotopic (exact) mass is 329 g/mol. The van der Waals surface area contributed by atoms with E-state index in [-0.39, 0.29) is 11.8 Å². The molecule has 0 spiro atoms. The Hall–Kier alpha value is -1.07. The van der Waals surface area contributed by atoms with Gasteiger partial charge in [-0.25, -0.2) is 0 Å². The van der Waals surface area contributed by atoms with E-state index in [0.29, 0.717) is 37.4 Å². The van der Waals surface area contributed by atoms with E-state index in [0.717, 1.165) is 4.88 Å². The molecule has 1 unspecified atom stereocenters. The number of carbonyl (C=O) groups is 2. The number of halogens is 1. The van der Waals surface area contributed by atoms with Gasteiger partial charge in [0.1, 0.15) is 0 Å². The Morgan fingerprint density at radius 2 is 2.24 bits per heavy atom. The quantitative estimate of drug-likeness (QED) is 0.901. The van der Waals surface area contributed by atoms with E-state index in [4.69, 9.17) is 11.6 Å². The Kier molecular flexibility index (Phi) is 4.94. The van der Waals surface area contributed by atoms with Crippen LogP contribution in [0.5, 0.6) is 0 Å². The summed E-state index contributed by atoms with van der Waals surface area (Å²) in [5, 5.41) is 12.0. The summed E-state index contributed by atoms with van der Waals surface area (Å²) < 4.78 is 0. The molecule has 116 valence electrons. The summed E-state index contributed by atoms with van der Waals surface area (Å²) >= 11 is 7.41. The number of carboxylic acid groups (broad SMARTS) is 1. The van der Waals surface area contributed by atoms with Crippen molar-refractivity contribution in [2.45, 2.75) is 33.1 Å². The number of hydrogen-bond donors (Lipinski definition) is 1. The van der Waals surface area contributed by atoms with Crippen LogP contribution < -0.4 is 0 Å². The molecule has 1 aliphatic heterocycles. The maximum absolute atomic E-state index is 12.3. The number of carbonyl (C=O) groups excluding carboxylic acids is 1. The number of thiophene rings is 1. The van der Waals surface area contributed by atoms with Gasteiger partial charge in [-0.15, -0.1) is 11.3 Å². The first-order chi connectivity index (χ1) is 9.85. The van der Waals surface area contributed by atoms with E-state index in [9.17, 15) is 14.7 Å². The molecule has 1 N–H and O–H groups in total. The highest BCUT2D eigenvalue weighted by atomic mass is 35.5. The molecular weight excluding hydrogens is 310 g/mol. The van der Waals surface area contributed by atoms with Gasteiger partial charge in [0.15, 0.2) is 0 Å². The fourth-order valence-electron chi connectivity index (χ4n) is 2.81. The molecule has 6 heteroatoms. The minimum Gasteiger partial charge on any atom is -0.481 e. The molecule has 0 aliphatic carbocycles. The van der Waals surface area contributed by atoms with Crippen LogP contribution in [0.15, 0.2) is 11.4 Å². The summed E-state index contributed by atoms with van der Waals surface area (Å²) in [6, 6.07) is 1.87. The third-order valence-electron chi connectivity index (χ3n) is 4.39. The fraction of sp³-hybridized carbons (Fsp3) is 0.600. The second kappa shape index (κ2) is 6.36. The van der Waals surface area contributed by atoms with Crippen molar-refractivity contribution in [3.63, 3.8) is 0 Å². The summed E-state index contributed by atoms with van der Waals surface area (Å²) in [6.45, 7) is 4.68. The Morgan fingerprint density at radius 3 is 2.71 bits per heavy atom. The number of carboxylic acids is 1. The smallest absolute Gasteiger partial charge is 0.311 e. The first-order valence-corrected chi connectivity index (χ1v) is 8.35. The molecule has 21 heavy (non-hydrogen) atoms. The topological polar surface area (TPSA) is 57.6 Å². The molecule has 0 aromatic carbocycles. The van der Waals surface area contributed by atoms with Gasteiger partial charge in [0.05, 0.1) is 10.4 Å². The van der Waals surface area contributed by atoms with Crippen LogP contribution in [0.1, 0.15) is 31.6 Å². The van der Waals surface area contributed by atoms with E-state index < -0.39 is 11.4 Å². The maximum atomic E-state index is 12.3. The molecular formula is C15H20ClNO3S. The third-order valence-corrected chi connectivity index (χ3v) is 5.74. The Bertz CT molecular complexity index is 543. The van der Waals surface area contributed by atoms with Gasteiger partial charge < -0.3 is 10.0 Å². The highest BCUT2D eigenvalue weighted by Gasteiger charge is 2.48. The number of rotatable bonds is 5. The molecule has 0 saturated carbocycles. The lowest BCUT2D eigenvalue weighted by Crippen LogP contribution is -2.40. The van der Waals surface area contributed by atoms with Gasteiger partial charge in [-0.05, 0) is 24.8 Å². The fourth-order valence-corrected chi connectivity index (χ4v) is 3.89. The van der Waals surface area contributed by atoms with Crippen molar-refractivity contribution in [3.8, 4) is 0 Å². The Morgan fingerprint density at radius 1 is 1.52 bits per heavy atom. The lowest BCUT2D eigenvalue weighted by atomic mass is 9.76. The molecule has 2 rings (SSSR count). The minimum atomic E-state index is -0.794. The van der Waals surface area contributed by atoms with Crippen LogP contribution in [-0.4, -0.2) is 35.0 Å². The van der Waals surface area contributed by atoms with Crippen LogP contribution in [0.25, 0.3) is 0 Å². The largest absolute Gasteiger partial charge is 0.481 e. The van der Waals surface area contributed by atoms with Crippen LogP contribution in [-0.2, 0) is 16.0 Å². The number of hydrogen-bond acceptors (Lipinski definition) is 3. The number of likely N-dealkylation sites (tertiary alicyclic amines) is 1. The van der Waals surface area contributed by atoms with Gasteiger partial charge >= 0.3 is 5.97 Å². The zero-order valence-electron chi connectivity index (χ0n) is 12.3. The van der Waals surface area contributed by atoms with E-state index >= 15 is 0 Å². The van der Waals surface area contributed by atoms with Crippen molar-refractivity contribution >= 4 is 34.8 Å². The molecule has 4 nitrogen and oxygen atoms in total. The van der Waals surface area contributed by atoms with Crippen LogP contribution in [0.4, 0.5) is 0 Å². The van der Waals surface area contributed by atoms with Crippen LogP contribution in [0.2, 0.25) is 5.02 Å². The number of aryl methyl sites for hydroxylation is 1. The highest BCUT2D eigenvalue weighted by Crippen LogP contribution is 2.38. The van der Waals surface area contributed by atoms with Crippen LogP contribution in [0.3, 0.4) is 0 Å². The number of aliphatic carboxylic acids is 1. The normalized spacial score (nSPS) is 22.0. The van der Waals surface area contributed by atoms with Crippen molar-refractivity contribution in [1.29, 1.82) is 0 Å². The molecule has 1 fully saturated rings. The van der Waals surface area contributed by atoms with Gasteiger partial charge in [-0.2, -0.15) is 0 Å². The summed E-state index contributed by atoms with van der Waals surface area (Å²) in [6.07, 6.45) is 1.61. The summed E-state index contributed by atoms with van der Waals surface area (Å²) in [5.41, 5.74) is -0.790. The third kappa shape index (κ3) is 3.40. The van der Waals surface area contributed by atoms with Crippen molar-refractivity contribution < 1.29 is 14.7 Å². The summed E-state index contributed by atoms with van der Waals surface area (Å²) in [4.78, 5) is 26.6. The Balaban J connectivity index is 1.94. The van der Waals surface area contributed by atoms with Crippen LogP contribution >= 0.6 is 22.9 Å². The zero-order valence-corrected chi connectivity index (χ0v) is 13.8. The summed E-state index contributed by atoms with van der Waals surface area (Å²) in [7, 11) is 0. The highest BCUT2D eigenvalue weighted by molar-refractivity contribution is 7.10. The van der Waals surface area contributed by atoms with Gasteiger partial charge in [-0.3, -0.25) is 9.59 Å². The van der Waals surface area contributed by atoms with Gasteiger partial charge in [0.2, 0.25) is 5.91 Å². The SMILES string of the molecule is CC(C)C1(C(=O)O)CCN(C(=O)CCc2cc(Cl)cs2)C1. The van der Waals surface area contributed by atoms with E-state index in [1.54, 1.807) is 16.2 Å². The van der Waals surface area contributed by atoms with Gasteiger partial charge in [0.25, 0.3) is 0 Å². The molecule has 1 amide bonds. The van der Waals surface area contributed by atoms with Crippen LogP contribution in [0, 0.1) is 11.3 Å². The first kappa shape index (κ1) is 16.3. The molecule has 1 aliphatic rings. The molecule has 2 heterocycles. The molecule has 0 radical (unpaired) electrons. The van der Waals surface area contributed by atoms with E-state index in [1.165, 1.54) is 0 Å². The number of nitrogens with zero attached hydrogens (tertiary/aromatic N) is 1. The maximum Gasteiger partial charge on any atom is 0.311 e. The standard InChI is InChI=1S/C15H20ClNO3S/c1-10(2)15(14(19)20)5-6-17(9-15)13(18)4-3-12-7-11(16)8-21-12/h7-8,10H,3-6,9H2,1-2H3,(H,19,20). The average Bonchev–Trinajstić information content (AvgIpc) is 3.03. The van der Waals surface area contributed by atoms with Crippen molar-refractivity contribution in [1.82, 2.24) is 4.90 Å². The van der Waals surface area contributed by atoms with Crippen molar-refractivity contribution in [2.75, 3.05) is 13.1 Å². The van der Waals surface area contributed by atoms with E-state index in [1.807, 2.05) is 25.3 Å². The molecule has 0 bridgehead atoms. The predicted molar refractivity (Wildman–Crippen MR) is 83.8 cm³/mol. The lowest BCUT2D eigenvalue weighted by Gasteiger charge is -2.28. The predicted octanol–water partition coefficient (Wildman–Crippen LogP) is 3.29. The Labute approximate surface area is 133 Å². The number of amides is 1.